The molecule has 134 valence electrons. The minimum atomic E-state index is -3.39. The molecule has 0 aromatic heterocycles. The van der Waals surface area contributed by atoms with Crippen molar-refractivity contribution >= 4 is 10.2 Å². The van der Waals surface area contributed by atoms with Crippen molar-refractivity contribution in [1.82, 2.24) is 9.03 Å². The summed E-state index contributed by atoms with van der Waals surface area (Å²) in [5, 5.41) is 0. The van der Waals surface area contributed by atoms with Crippen LogP contribution in [0, 0.1) is 11.8 Å². The van der Waals surface area contributed by atoms with Crippen LogP contribution in [0.15, 0.2) is 18.2 Å². The first-order valence-corrected chi connectivity index (χ1v) is 9.96. The number of ether oxygens (including phenoxy) is 2. The van der Waals surface area contributed by atoms with Crippen LogP contribution in [-0.4, -0.2) is 46.1 Å². The summed E-state index contributed by atoms with van der Waals surface area (Å²) in [6.45, 7) is 4.31. The van der Waals surface area contributed by atoms with Crippen LogP contribution in [0.4, 0.5) is 0 Å². The van der Waals surface area contributed by atoms with Gasteiger partial charge in [-0.3, -0.25) is 0 Å². The van der Waals surface area contributed by atoms with Gasteiger partial charge < -0.3 is 9.47 Å². The molecule has 2 aliphatic rings. The van der Waals surface area contributed by atoms with Gasteiger partial charge in [0.25, 0.3) is 10.2 Å². The van der Waals surface area contributed by atoms with Gasteiger partial charge in [0.15, 0.2) is 0 Å². The number of methoxy groups -OCH3 is 1. The van der Waals surface area contributed by atoms with Gasteiger partial charge in [0, 0.05) is 31.6 Å². The molecule has 0 amide bonds. The third kappa shape index (κ3) is 4.02. The van der Waals surface area contributed by atoms with E-state index in [1.165, 1.54) is 0 Å². The van der Waals surface area contributed by atoms with Crippen LogP contribution in [0.2, 0.25) is 0 Å². The number of nitrogens with zero attached hydrogens (tertiary/aromatic N) is 1. The monoisotopic (exact) mass is 354 g/mol. The molecule has 1 N–H and O–H groups in total. The van der Waals surface area contributed by atoms with E-state index in [2.05, 4.69) is 11.6 Å². The van der Waals surface area contributed by atoms with E-state index in [9.17, 15) is 8.42 Å². The quantitative estimate of drug-likeness (QED) is 0.876. The number of fused-ring (bicyclic) bond motifs is 1. The lowest BCUT2D eigenvalue weighted by molar-refractivity contribution is 0.220. The van der Waals surface area contributed by atoms with Gasteiger partial charge in [0.05, 0.1) is 13.7 Å². The number of nitrogens with one attached hydrogen (secondary N) is 1. The molecule has 1 unspecified atom stereocenters. The fourth-order valence-corrected chi connectivity index (χ4v) is 4.53. The molecule has 1 atom stereocenters. The van der Waals surface area contributed by atoms with Gasteiger partial charge in [-0.25, -0.2) is 4.72 Å². The second-order valence-corrected chi connectivity index (χ2v) is 8.55. The van der Waals surface area contributed by atoms with Gasteiger partial charge in [-0.15, -0.1) is 0 Å². The first kappa shape index (κ1) is 17.5. The predicted octanol–water partition coefficient (Wildman–Crippen LogP) is 1.81. The Balaban J connectivity index is 1.55. The second kappa shape index (κ2) is 7.29. The molecule has 1 aromatic carbocycles. The molecule has 1 fully saturated rings. The van der Waals surface area contributed by atoms with E-state index in [1.807, 2.05) is 18.2 Å². The Morgan fingerprint density at radius 2 is 2.08 bits per heavy atom. The average Bonchev–Trinajstić information content (AvgIpc) is 2.60. The number of rotatable bonds is 5. The molecule has 24 heavy (non-hydrogen) atoms. The Bertz CT molecular complexity index is 669. The Kier molecular flexibility index (Phi) is 5.32. The third-order valence-electron chi connectivity index (χ3n) is 4.89. The summed E-state index contributed by atoms with van der Waals surface area (Å²) < 4.78 is 40.1. The van der Waals surface area contributed by atoms with Crippen LogP contribution in [0.25, 0.3) is 0 Å². The molecule has 1 saturated heterocycles. The molecule has 0 spiro atoms. The van der Waals surface area contributed by atoms with Crippen molar-refractivity contribution < 1.29 is 17.9 Å². The van der Waals surface area contributed by atoms with Crippen molar-refractivity contribution in [2.75, 3.05) is 33.4 Å². The molecule has 1 aromatic rings. The van der Waals surface area contributed by atoms with Gasteiger partial charge >= 0.3 is 0 Å². The molecule has 0 aliphatic carbocycles. The predicted molar refractivity (Wildman–Crippen MR) is 92.6 cm³/mol. The largest absolute Gasteiger partial charge is 0.497 e. The summed E-state index contributed by atoms with van der Waals surface area (Å²) in [6, 6.07) is 5.77. The van der Waals surface area contributed by atoms with E-state index < -0.39 is 10.2 Å². The Hall–Kier alpha value is -1.31. The third-order valence-corrected chi connectivity index (χ3v) is 6.47. The normalized spacial score (nSPS) is 22.7. The Morgan fingerprint density at radius 1 is 1.33 bits per heavy atom. The molecule has 0 bridgehead atoms. The van der Waals surface area contributed by atoms with E-state index >= 15 is 0 Å². The van der Waals surface area contributed by atoms with Gasteiger partial charge in [-0.05, 0) is 36.8 Å². The molecular formula is C17H26N2O4S. The van der Waals surface area contributed by atoms with Crippen molar-refractivity contribution in [3.05, 3.63) is 23.8 Å². The highest BCUT2D eigenvalue weighted by Crippen LogP contribution is 2.31. The minimum absolute atomic E-state index is 0.143. The van der Waals surface area contributed by atoms with Crippen molar-refractivity contribution in [2.24, 2.45) is 11.8 Å². The molecule has 7 heteroatoms. The fourth-order valence-electron chi connectivity index (χ4n) is 3.21. The molecule has 0 radical (unpaired) electrons. The molecule has 0 saturated carbocycles. The zero-order valence-corrected chi connectivity index (χ0v) is 15.1. The highest BCUT2D eigenvalue weighted by atomic mass is 32.2. The second-order valence-electron chi connectivity index (χ2n) is 6.79. The molecule has 2 heterocycles. The van der Waals surface area contributed by atoms with E-state index in [-0.39, 0.29) is 5.92 Å². The van der Waals surface area contributed by atoms with Crippen molar-refractivity contribution in [1.29, 1.82) is 0 Å². The average molecular weight is 354 g/mol. The topological polar surface area (TPSA) is 67.9 Å². The summed E-state index contributed by atoms with van der Waals surface area (Å²) in [4.78, 5) is 0. The van der Waals surface area contributed by atoms with Crippen LogP contribution < -0.4 is 14.2 Å². The Labute approximate surface area is 144 Å². The first-order chi connectivity index (χ1) is 11.5. The zero-order chi connectivity index (χ0) is 17.2. The SMILES string of the molecule is COc1ccc2c(c1)OCC(CNS(=O)(=O)N1CCC(C)CC1)C2. The van der Waals surface area contributed by atoms with Crippen LogP contribution in [0.1, 0.15) is 25.3 Å². The van der Waals surface area contributed by atoms with Gasteiger partial charge in [-0.1, -0.05) is 13.0 Å². The maximum atomic E-state index is 12.4. The number of hydrogen-bond donors (Lipinski definition) is 1. The molecular weight excluding hydrogens is 328 g/mol. The standard InChI is InChI=1S/C17H26N2O4S/c1-13-5-7-19(8-6-13)24(20,21)18-11-14-9-15-3-4-16(22-2)10-17(15)23-12-14/h3-4,10,13-14,18H,5-9,11-12H2,1-2H3. The highest BCUT2D eigenvalue weighted by molar-refractivity contribution is 7.87. The van der Waals surface area contributed by atoms with Gasteiger partial charge in [-0.2, -0.15) is 12.7 Å². The number of piperidine rings is 1. The summed E-state index contributed by atoms with van der Waals surface area (Å²) in [6.07, 6.45) is 2.67. The fraction of sp³-hybridized carbons (Fsp3) is 0.647. The Morgan fingerprint density at radius 3 is 2.79 bits per heavy atom. The number of benzene rings is 1. The van der Waals surface area contributed by atoms with E-state index in [0.29, 0.717) is 32.2 Å². The van der Waals surface area contributed by atoms with Crippen molar-refractivity contribution in [3.8, 4) is 11.5 Å². The summed E-state index contributed by atoms with van der Waals surface area (Å²) in [7, 11) is -1.76. The maximum absolute atomic E-state index is 12.4. The zero-order valence-electron chi connectivity index (χ0n) is 14.3. The molecule has 2 aliphatic heterocycles. The highest BCUT2D eigenvalue weighted by Gasteiger charge is 2.28. The first-order valence-electron chi connectivity index (χ1n) is 8.52. The van der Waals surface area contributed by atoms with E-state index in [0.717, 1.165) is 36.3 Å². The van der Waals surface area contributed by atoms with Crippen molar-refractivity contribution in [2.45, 2.75) is 26.2 Å². The lowest BCUT2D eigenvalue weighted by atomic mass is 9.97. The van der Waals surface area contributed by atoms with Gasteiger partial charge in [0.1, 0.15) is 11.5 Å². The summed E-state index contributed by atoms with van der Waals surface area (Å²) >= 11 is 0. The van der Waals surface area contributed by atoms with Crippen molar-refractivity contribution in [3.63, 3.8) is 0 Å². The minimum Gasteiger partial charge on any atom is -0.497 e. The smallest absolute Gasteiger partial charge is 0.279 e. The van der Waals surface area contributed by atoms with Crippen LogP contribution in [0.5, 0.6) is 11.5 Å². The molecule has 3 rings (SSSR count). The van der Waals surface area contributed by atoms with Gasteiger partial charge in [0.2, 0.25) is 0 Å². The molecule has 6 nitrogen and oxygen atoms in total. The van der Waals surface area contributed by atoms with E-state index in [4.69, 9.17) is 9.47 Å². The number of hydrogen-bond acceptors (Lipinski definition) is 4. The lowest BCUT2D eigenvalue weighted by Gasteiger charge is -2.31. The summed E-state index contributed by atoms with van der Waals surface area (Å²) in [5.41, 5.74) is 1.10. The van der Waals surface area contributed by atoms with Crippen LogP contribution in [-0.2, 0) is 16.6 Å². The lowest BCUT2D eigenvalue weighted by Crippen LogP contribution is -2.46. The van der Waals surface area contributed by atoms with Crippen LogP contribution in [0.3, 0.4) is 0 Å². The maximum Gasteiger partial charge on any atom is 0.279 e. The summed E-state index contributed by atoms with van der Waals surface area (Å²) in [5.74, 6) is 2.35. The van der Waals surface area contributed by atoms with E-state index in [1.54, 1.807) is 11.4 Å². The van der Waals surface area contributed by atoms with Crippen LogP contribution >= 0.6 is 0 Å².